The van der Waals surface area contributed by atoms with Crippen LogP contribution in [0.2, 0.25) is 0 Å². The third-order valence-electron chi connectivity index (χ3n) is 2.87. The lowest BCUT2D eigenvalue weighted by molar-refractivity contribution is -0.385. The molecule has 1 N–H and O–H groups in total. The lowest BCUT2D eigenvalue weighted by Gasteiger charge is -2.06. The fourth-order valence-corrected chi connectivity index (χ4v) is 1.87. The van der Waals surface area contributed by atoms with Crippen LogP contribution in [0.5, 0.6) is 0 Å². The average molecular weight is 276 g/mol. The van der Waals surface area contributed by atoms with Crippen molar-refractivity contribution in [1.29, 1.82) is 0 Å². The Kier molecular flexibility index (Phi) is 4.36. The summed E-state index contributed by atoms with van der Waals surface area (Å²) in [5.41, 5.74) is 1.38. The van der Waals surface area contributed by atoms with Crippen LogP contribution in [0.3, 0.4) is 0 Å². The van der Waals surface area contributed by atoms with Crippen LogP contribution >= 0.6 is 0 Å². The molecule has 0 aliphatic carbocycles. The van der Waals surface area contributed by atoms with Gasteiger partial charge in [0.1, 0.15) is 0 Å². The maximum atomic E-state index is 10.8. The molecule has 8 nitrogen and oxygen atoms in total. The molecule has 0 aliphatic rings. The zero-order chi connectivity index (χ0) is 14.5. The highest BCUT2D eigenvalue weighted by Crippen LogP contribution is 2.20. The highest BCUT2D eigenvalue weighted by Gasteiger charge is 2.13. The number of benzene rings is 1. The second kappa shape index (κ2) is 6.20. The van der Waals surface area contributed by atoms with E-state index in [0.29, 0.717) is 23.6 Å². The largest absolute Gasteiger partial charge is 0.310 e. The van der Waals surface area contributed by atoms with Crippen molar-refractivity contribution in [2.45, 2.75) is 26.8 Å². The highest BCUT2D eigenvalue weighted by molar-refractivity contribution is 5.47. The molecule has 2 rings (SSSR count). The minimum atomic E-state index is -0.400. The number of aromatic nitrogens is 4. The molecule has 0 bridgehead atoms. The molecular weight excluding hydrogens is 260 g/mol. The molecule has 0 unspecified atom stereocenters. The molecule has 0 fully saturated rings. The SMILES string of the molecule is CCCNCc1nnnn1-c1ccc([N+](=O)[O-])c(C)c1. The maximum absolute atomic E-state index is 10.8. The summed E-state index contributed by atoms with van der Waals surface area (Å²) >= 11 is 0. The molecule has 0 saturated heterocycles. The Bertz CT molecular complexity index is 610. The Balaban J connectivity index is 2.26. The number of hydrogen-bond acceptors (Lipinski definition) is 6. The minimum Gasteiger partial charge on any atom is -0.310 e. The second-order valence-electron chi connectivity index (χ2n) is 4.41. The molecular formula is C12H16N6O2. The van der Waals surface area contributed by atoms with Crippen molar-refractivity contribution in [2.24, 2.45) is 0 Å². The first-order valence-electron chi connectivity index (χ1n) is 6.37. The molecule has 0 amide bonds. The summed E-state index contributed by atoms with van der Waals surface area (Å²) in [6.45, 7) is 5.21. The number of tetrazole rings is 1. The Morgan fingerprint density at radius 3 is 2.90 bits per heavy atom. The van der Waals surface area contributed by atoms with Crippen LogP contribution in [0, 0.1) is 17.0 Å². The van der Waals surface area contributed by atoms with Crippen LogP contribution < -0.4 is 5.32 Å². The summed E-state index contributed by atoms with van der Waals surface area (Å²) in [4.78, 5) is 10.4. The van der Waals surface area contributed by atoms with E-state index in [-0.39, 0.29) is 5.69 Å². The van der Waals surface area contributed by atoms with E-state index in [4.69, 9.17) is 0 Å². The van der Waals surface area contributed by atoms with Crippen molar-refractivity contribution in [2.75, 3.05) is 6.54 Å². The molecule has 8 heteroatoms. The minimum absolute atomic E-state index is 0.0903. The molecule has 20 heavy (non-hydrogen) atoms. The van der Waals surface area contributed by atoms with Crippen molar-refractivity contribution in [3.05, 3.63) is 39.7 Å². The molecule has 0 spiro atoms. The number of aryl methyl sites for hydroxylation is 1. The smallest absolute Gasteiger partial charge is 0.272 e. The molecule has 1 aromatic heterocycles. The molecule has 0 atom stereocenters. The Morgan fingerprint density at radius 1 is 1.45 bits per heavy atom. The van der Waals surface area contributed by atoms with Crippen LogP contribution in [0.25, 0.3) is 5.69 Å². The normalized spacial score (nSPS) is 10.7. The Hall–Kier alpha value is -2.35. The third-order valence-corrected chi connectivity index (χ3v) is 2.87. The topological polar surface area (TPSA) is 98.8 Å². The summed E-state index contributed by atoms with van der Waals surface area (Å²) < 4.78 is 1.58. The standard InChI is InChI=1S/C12H16N6O2/c1-3-6-13-8-12-14-15-16-17(12)10-4-5-11(18(19)20)9(2)7-10/h4-5,7,13H,3,6,8H2,1-2H3. The van der Waals surface area contributed by atoms with Gasteiger partial charge < -0.3 is 5.32 Å². The monoisotopic (exact) mass is 276 g/mol. The number of hydrogen-bond donors (Lipinski definition) is 1. The summed E-state index contributed by atoms with van der Waals surface area (Å²) in [5, 5.41) is 25.6. The summed E-state index contributed by atoms with van der Waals surface area (Å²) in [6, 6.07) is 4.82. The lowest BCUT2D eigenvalue weighted by Crippen LogP contribution is -2.17. The van der Waals surface area contributed by atoms with Crippen LogP contribution in [0.1, 0.15) is 24.7 Å². The van der Waals surface area contributed by atoms with E-state index in [2.05, 4.69) is 27.8 Å². The van der Waals surface area contributed by atoms with E-state index < -0.39 is 4.92 Å². The van der Waals surface area contributed by atoms with Gasteiger partial charge in [-0.1, -0.05) is 6.92 Å². The molecule has 0 radical (unpaired) electrons. The van der Waals surface area contributed by atoms with Gasteiger partial charge in [0.05, 0.1) is 17.2 Å². The summed E-state index contributed by atoms with van der Waals surface area (Å²) in [6.07, 6.45) is 1.03. The Morgan fingerprint density at radius 2 is 2.25 bits per heavy atom. The van der Waals surface area contributed by atoms with Crippen LogP contribution in [-0.2, 0) is 6.54 Å². The van der Waals surface area contributed by atoms with Gasteiger partial charge in [0.25, 0.3) is 5.69 Å². The average Bonchev–Trinajstić information content (AvgIpc) is 2.87. The molecule has 106 valence electrons. The van der Waals surface area contributed by atoms with Gasteiger partial charge in [-0.3, -0.25) is 10.1 Å². The number of nitro groups is 1. The van der Waals surface area contributed by atoms with E-state index in [1.165, 1.54) is 6.07 Å². The van der Waals surface area contributed by atoms with Gasteiger partial charge in [0.15, 0.2) is 5.82 Å². The van der Waals surface area contributed by atoms with E-state index in [0.717, 1.165) is 13.0 Å². The van der Waals surface area contributed by atoms with Crippen molar-refractivity contribution >= 4 is 5.69 Å². The van der Waals surface area contributed by atoms with Crippen LogP contribution in [-0.4, -0.2) is 31.7 Å². The van der Waals surface area contributed by atoms with Crippen LogP contribution in [0.15, 0.2) is 18.2 Å². The first-order valence-corrected chi connectivity index (χ1v) is 6.37. The van der Waals surface area contributed by atoms with Gasteiger partial charge in [0.2, 0.25) is 0 Å². The molecule has 2 aromatic rings. The fraction of sp³-hybridized carbons (Fsp3) is 0.417. The van der Waals surface area contributed by atoms with Gasteiger partial charge in [0, 0.05) is 11.6 Å². The van der Waals surface area contributed by atoms with E-state index in [9.17, 15) is 10.1 Å². The number of rotatable bonds is 6. The van der Waals surface area contributed by atoms with Crippen LogP contribution in [0.4, 0.5) is 5.69 Å². The van der Waals surface area contributed by atoms with Gasteiger partial charge >= 0.3 is 0 Å². The zero-order valence-electron chi connectivity index (χ0n) is 11.4. The predicted octanol–water partition coefficient (Wildman–Crippen LogP) is 1.38. The van der Waals surface area contributed by atoms with Gasteiger partial charge in [-0.2, -0.15) is 4.68 Å². The van der Waals surface area contributed by atoms with Gasteiger partial charge in [-0.25, -0.2) is 0 Å². The highest BCUT2D eigenvalue weighted by atomic mass is 16.6. The molecule has 1 heterocycles. The Labute approximate surface area is 115 Å². The van der Waals surface area contributed by atoms with Crippen molar-refractivity contribution in [3.63, 3.8) is 0 Å². The number of nitrogens with zero attached hydrogens (tertiary/aromatic N) is 5. The van der Waals surface area contributed by atoms with E-state index in [1.54, 1.807) is 23.7 Å². The summed E-state index contributed by atoms with van der Waals surface area (Å²) in [7, 11) is 0. The number of nitrogens with one attached hydrogen (secondary N) is 1. The lowest BCUT2D eigenvalue weighted by atomic mass is 10.2. The van der Waals surface area contributed by atoms with Crippen molar-refractivity contribution in [3.8, 4) is 5.69 Å². The van der Waals surface area contributed by atoms with E-state index in [1.807, 2.05) is 0 Å². The third kappa shape index (κ3) is 2.97. The van der Waals surface area contributed by atoms with Crippen molar-refractivity contribution in [1.82, 2.24) is 25.5 Å². The first-order chi connectivity index (χ1) is 9.63. The molecule has 1 aromatic carbocycles. The van der Waals surface area contributed by atoms with E-state index >= 15 is 0 Å². The zero-order valence-corrected chi connectivity index (χ0v) is 11.4. The first kappa shape index (κ1) is 14.1. The van der Waals surface area contributed by atoms with Gasteiger partial charge in [-0.15, -0.1) is 5.10 Å². The fourth-order valence-electron chi connectivity index (χ4n) is 1.87. The molecule has 0 saturated carbocycles. The second-order valence-corrected chi connectivity index (χ2v) is 4.41. The number of nitro benzene ring substituents is 1. The maximum Gasteiger partial charge on any atom is 0.272 e. The quantitative estimate of drug-likeness (QED) is 0.486. The van der Waals surface area contributed by atoms with Gasteiger partial charge in [-0.05, 0) is 42.4 Å². The molecule has 0 aliphatic heterocycles. The summed E-state index contributed by atoms with van der Waals surface area (Å²) in [5.74, 6) is 0.673. The predicted molar refractivity (Wildman–Crippen MR) is 72.5 cm³/mol. The van der Waals surface area contributed by atoms with Crippen molar-refractivity contribution < 1.29 is 4.92 Å².